The molecule has 6 heteroatoms. The number of aryl methyl sites for hydroxylation is 1. The second kappa shape index (κ2) is 8.43. The zero-order chi connectivity index (χ0) is 21.9. The van der Waals surface area contributed by atoms with E-state index >= 15 is 0 Å². The summed E-state index contributed by atoms with van der Waals surface area (Å²) in [6, 6.07) is 28.2. The van der Waals surface area contributed by atoms with Gasteiger partial charge in [-0.15, -0.1) is 0 Å². The summed E-state index contributed by atoms with van der Waals surface area (Å²) in [7, 11) is 1.84. The number of ether oxygens (including phenoxy) is 1. The number of nitrogens with zero attached hydrogens (tertiary/aromatic N) is 3. The summed E-state index contributed by atoms with van der Waals surface area (Å²) in [4.78, 5) is 8.77. The van der Waals surface area contributed by atoms with Crippen molar-refractivity contribution in [2.75, 3.05) is 17.7 Å². The third kappa shape index (κ3) is 3.86. The van der Waals surface area contributed by atoms with Crippen molar-refractivity contribution in [3.8, 4) is 17.2 Å². The predicted octanol–water partition coefficient (Wildman–Crippen LogP) is 6.31. The van der Waals surface area contributed by atoms with Crippen molar-refractivity contribution >= 4 is 28.4 Å². The summed E-state index contributed by atoms with van der Waals surface area (Å²) in [6.07, 6.45) is 1.73. The normalized spacial score (nSPS) is 10.8. The van der Waals surface area contributed by atoms with Gasteiger partial charge in [-0.25, -0.2) is 4.98 Å². The minimum Gasteiger partial charge on any atom is -0.455 e. The van der Waals surface area contributed by atoms with Crippen molar-refractivity contribution in [3.63, 3.8) is 0 Å². The lowest BCUT2D eigenvalue weighted by Gasteiger charge is -2.15. The Bertz CT molecular complexity index is 1380. The highest BCUT2D eigenvalue weighted by Gasteiger charge is 2.13. The number of benzene rings is 3. The third-order valence-corrected chi connectivity index (χ3v) is 5.23. The summed E-state index contributed by atoms with van der Waals surface area (Å²) >= 11 is 0. The van der Waals surface area contributed by atoms with E-state index in [-0.39, 0.29) is 0 Å². The maximum absolute atomic E-state index is 6.23. The Labute approximate surface area is 186 Å². The van der Waals surface area contributed by atoms with Crippen LogP contribution >= 0.6 is 0 Å². The average molecular weight is 422 g/mol. The van der Waals surface area contributed by atoms with E-state index in [2.05, 4.69) is 56.4 Å². The number of fused-ring (bicyclic) bond motifs is 1. The van der Waals surface area contributed by atoms with Crippen LogP contribution in [0.1, 0.15) is 5.69 Å². The van der Waals surface area contributed by atoms with Crippen LogP contribution in [-0.4, -0.2) is 21.6 Å². The smallest absolute Gasteiger partial charge is 0.229 e. The predicted molar refractivity (Wildman–Crippen MR) is 129 cm³/mol. The Balaban J connectivity index is 1.56. The molecule has 32 heavy (non-hydrogen) atoms. The Morgan fingerprint density at radius 1 is 0.875 bits per heavy atom. The summed E-state index contributed by atoms with van der Waals surface area (Å²) in [5.41, 5.74) is 4.08. The Morgan fingerprint density at radius 3 is 2.53 bits per heavy atom. The van der Waals surface area contributed by atoms with Gasteiger partial charge in [-0.05, 0) is 55.5 Å². The Morgan fingerprint density at radius 2 is 1.69 bits per heavy atom. The summed E-state index contributed by atoms with van der Waals surface area (Å²) in [6.45, 7) is 2.10. The molecule has 2 aromatic heterocycles. The molecule has 0 saturated carbocycles. The summed E-state index contributed by atoms with van der Waals surface area (Å²) in [5, 5.41) is 7.49. The first-order valence-electron chi connectivity index (χ1n) is 10.4. The summed E-state index contributed by atoms with van der Waals surface area (Å²) in [5.74, 6) is 2.90. The number of nitrogens with one attached hydrogen (secondary N) is 2. The van der Waals surface area contributed by atoms with Crippen LogP contribution in [0.25, 0.3) is 16.6 Å². The van der Waals surface area contributed by atoms with E-state index in [0.717, 1.165) is 45.3 Å². The molecule has 0 unspecified atom stereocenters. The number of para-hydroxylation sites is 3. The van der Waals surface area contributed by atoms with Gasteiger partial charge in [0, 0.05) is 30.0 Å². The molecule has 0 bridgehead atoms. The van der Waals surface area contributed by atoms with Gasteiger partial charge in [0.1, 0.15) is 11.6 Å². The molecule has 5 rings (SSSR count). The number of anilines is 3. The molecule has 158 valence electrons. The van der Waals surface area contributed by atoms with E-state index in [9.17, 15) is 0 Å². The van der Waals surface area contributed by atoms with Crippen LogP contribution in [0.3, 0.4) is 0 Å². The van der Waals surface area contributed by atoms with Crippen LogP contribution in [-0.2, 0) is 0 Å². The lowest BCUT2D eigenvalue weighted by Crippen LogP contribution is -2.01. The monoisotopic (exact) mass is 421 g/mol. The quantitative estimate of drug-likeness (QED) is 0.336. The SMILES string of the molecule is CNc1ccnc(Nc2ccc3cc(C)n(-c4ccccc4Oc4ccccc4)c3c2)n1. The van der Waals surface area contributed by atoms with Gasteiger partial charge in [-0.1, -0.05) is 36.4 Å². The molecule has 5 aromatic rings. The Kier molecular flexibility index (Phi) is 5.17. The van der Waals surface area contributed by atoms with Crippen LogP contribution < -0.4 is 15.4 Å². The van der Waals surface area contributed by atoms with E-state index in [4.69, 9.17) is 4.74 Å². The van der Waals surface area contributed by atoms with E-state index in [1.54, 1.807) is 6.20 Å². The van der Waals surface area contributed by atoms with Crippen LogP contribution in [0, 0.1) is 6.92 Å². The fraction of sp³-hybridized carbons (Fsp3) is 0.0769. The number of rotatable bonds is 6. The fourth-order valence-corrected chi connectivity index (χ4v) is 3.77. The molecule has 6 nitrogen and oxygen atoms in total. The molecule has 0 amide bonds. The van der Waals surface area contributed by atoms with Crippen LogP contribution in [0.2, 0.25) is 0 Å². The molecular formula is C26H23N5O. The molecule has 0 saturated heterocycles. The first-order chi connectivity index (χ1) is 15.7. The molecule has 0 fully saturated rings. The second-order valence-electron chi connectivity index (χ2n) is 7.42. The minimum atomic E-state index is 0.541. The van der Waals surface area contributed by atoms with Crippen molar-refractivity contribution in [1.82, 2.24) is 14.5 Å². The molecule has 0 radical (unpaired) electrons. The molecule has 0 spiro atoms. The van der Waals surface area contributed by atoms with Crippen molar-refractivity contribution < 1.29 is 4.74 Å². The third-order valence-electron chi connectivity index (χ3n) is 5.23. The number of aromatic nitrogens is 3. The standard InChI is InChI=1S/C26H23N5O/c1-18-16-19-12-13-20(29-26-28-15-14-25(27-2)30-26)17-23(19)31(18)22-10-6-7-11-24(22)32-21-8-4-3-5-9-21/h3-17H,1-2H3,(H2,27,28,29,30). The largest absolute Gasteiger partial charge is 0.455 e. The highest BCUT2D eigenvalue weighted by atomic mass is 16.5. The molecule has 2 heterocycles. The maximum Gasteiger partial charge on any atom is 0.229 e. The van der Waals surface area contributed by atoms with Gasteiger partial charge in [-0.3, -0.25) is 0 Å². The van der Waals surface area contributed by atoms with Crippen molar-refractivity contribution in [2.45, 2.75) is 6.92 Å². The van der Waals surface area contributed by atoms with E-state index in [1.807, 2.05) is 67.7 Å². The highest BCUT2D eigenvalue weighted by Crippen LogP contribution is 2.34. The first kappa shape index (κ1) is 19.6. The topological polar surface area (TPSA) is 64.0 Å². The van der Waals surface area contributed by atoms with Gasteiger partial charge in [-0.2, -0.15) is 4.98 Å². The first-order valence-corrected chi connectivity index (χ1v) is 10.4. The molecular weight excluding hydrogens is 398 g/mol. The molecule has 0 aliphatic rings. The molecule has 0 aliphatic carbocycles. The lowest BCUT2D eigenvalue weighted by atomic mass is 10.2. The van der Waals surface area contributed by atoms with Crippen molar-refractivity contribution in [1.29, 1.82) is 0 Å². The van der Waals surface area contributed by atoms with Crippen LogP contribution in [0.15, 0.2) is 91.1 Å². The van der Waals surface area contributed by atoms with Gasteiger partial charge >= 0.3 is 0 Å². The molecule has 0 atom stereocenters. The number of hydrogen-bond donors (Lipinski definition) is 2. The van der Waals surface area contributed by atoms with E-state index in [1.165, 1.54) is 0 Å². The molecule has 3 aromatic carbocycles. The second-order valence-corrected chi connectivity index (χ2v) is 7.42. The van der Waals surface area contributed by atoms with Gasteiger partial charge < -0.3 is 19.9 Å². The average Bonchev–Trinajstić information content (AvgIpc) is 3.15. The molecule has 2 N–H and O–H groups in total. The Hall–Kier alpha value is -4.32. The van der Waals surface area contributed by atoms with Crippen molar-refractivity contribution in [3.05, 3.63) is 96.8 Å². The van der Waals surface area contributed by atoms with E-state index < -0.39 is 0 Å². The van der Waals surface area contributed by atoms with Gasteiger partial charge in [0.25, 0.3) is 0 Å². The molecule has 0 aliphatic heterocycles. The minimum absolute atomic E-state index is 0.541. The maximum atomic E-state index is 6.23. The zero-order valence-corrected chi connectivity index (χ0v) is 17.9. The highest BCUT2D eigenvalue weighted by molar-refractivity contribution is 5.87. The van der Waals surface area contributed by atoms with E-state index in [0.29, 0.717) is 5.95 Å². The van der Waals surface area contributed by atoms with Crippen molar-refractivity contribution in [2.24, 2.45) is 0 Å². The zero-order valence-electron chi connectivity index (χ0n) is 17.9. The van der Waals surface area contributed by atoms with Crippen LogP contribution in [0.4, 0.5) is 17.5 Å². The lowest BCUT2D eigenvalue weighted by molar-refractivity contribution is 0.480. The van der Waals surface area contributed by atoms with Gasteiger partial charge in [0.15, 0.2) is 5.75 Å². The fourth-order valence-electron chi connectivity index (χ4n) is 3.77. The van der Waals surface area contributed by atoms with Gasteiger partial charge in [0.05, 0.1) is 11.2 Å². The van der Waals surface area contributed by atoms with Crippen LogP contribution in [0.5, 0.6) is 11.5 Å². The summed E-state index contributed by atoms with van der Waals surface area (Å²) < 4.78 is 8.44. The van der Waals surface area contributed by atoms with Gasteiger partial charge in [0.2, 0.25) is 5.95 Å². The number of hydrogen-bond acceptors (Lipinski definition) is 5.